The van der Waals surface area contributed by atoms with Crippen molar-refractivity contribution < 1.29 is 47.8 Å². The molecule has 0 bridgehead atoms. The molecule has 0 aliphatic carbocycles. The van der Waals surface area contributed by atoms with Crippen molar-refractivity contribution in [2.75, 3.05) is 106 Å². The Morgan fingerprint density at radius 2 is 0.782 bits per heavy atom. The molecular weight excluding hydrogens is 1770 g/mol. The molecule has 133 heavy (non-hydrogen) atoms. The van der Waals surface area contributed by atoms with Crippen molar-refractivity contribution in [2.24, 2.45) is 32.1 Å². The van der Waals surface area contributed by atoms with E-state index in [0.717, 1.165) is 119 Å². The Kier molecular flexibility index (Phi) is 44.5. The number of benzene rings is 6. The van der Waals surface area contributed by atoms with E-state index in [4.69, 9.17) is 49.0 Å². The Labute approximate surface area is 787 Å². The molecule has 3 aliphatic rings. The number of nitrogens with zero attached hydrogens (tertiary/aromatic N) is 13. The van der Waals surface area contributed by atoms with Crippen LogP contribution in [0.3, 0.4) is 0 Å². The first-order valence-electron chi connectivity index (χ1n) is 44.2. The molecule has 7 heterocycles. The van der Waals surface area contributed by atoms with Gasteiger partial charge in [0.2, 0.25) is 17.8 Å². The maximum Gasteiger partial charge on any atom is 0.333 e. The van der Waals surface area contributed by atoms with Gasteiger partial charge in [0, 0.05) is 125 Å². The van der Waals surface area contributed by atoms with Crippen molar-refractivity contribution in [3.63, 3.8) is 0 Å². The Morgan fingerprint density at radius 3 is 1.07 bits per heavy atom. The van der Waals surface area contributed by atoms with Gasteiger partial charge in [0.1, 0.15) is 17.8 Å². The van der Waals surface area contributed by atoms with E-state index in [0.29, 0.717) is 82.6 Å². The second-order valence-electron chi connectivity index (χ2n) is 30.4. The van der Waals surface area contributed by atoms with E-state index in [2.05, 4.69) is 135 Å². The van der Waals surface area contributed by atoms with Gasteiger partial charge in [-0.05, 0) is 173 Å². The first kappa shape index (κ1) is 105. The number of hydrazine groups is 1. The minimum absolute atomic E-state index is 0.0870. The Bertz CT molecular complexity index is 5340. The molecule has 0 saturated carbocycles. The molecule has 12 N–H and O–H groups in total. The van der Waals surface area contributed by atoms with E-state index < -0.39 is 22.4 Å². The van der Waals surface area contributed by atoms with Crippen LogP contribution in [0.4, 0.5) is 66.4 Å². The van der Waals surface area contributed by atoms with E-state index >= 15 is 0 Å². The van der Waals surface area contributed by atoms with Crippen molar-refractivity contribution in [3.05, 3.63) is 253 Å². The summed E-state index contributed by atoms with van der Waals surface area (Å²) in [5.74, 6) is 8.92. The molecule has 39 heteroatoms. The summed E-state index contributed by atoms with van der Waals surface area (Å²) in [6.45, 7) is 16.6. The van der Waals surface area contributed by atoms with Gasteiger partial charge in [-0.1, -0.05) is 139 Å². The number of nitrogens with two attached hydrogens (primary N) is 2. The number of methoxy groups -OCH3 is 2. The maximum atomic E-state index is 13.0. The summed E-state index contributed by atoms with van der Waals surface area (Å²) in [6.07, 6.45) is 18.7. The number of alkyl halides is 3. The summed E-state index contributed by atoms with van der Waals surface area (Å²) >= 11 is 14.4. The van der Waals surface area contributed by atoms with Crippen molar-refractivity contribution in [1.29, 1.82) is 0 Å². The highest BCUT2D eigenvalue weighted by Gasteiger charge is 2.37. The quantitative estimate of drug-likeness (QED) is 0.00565. The Morgan fingerprint density at radius 1 is 0.466 bits per heavy atom. The average molecular weight is 1880 g/mol. The van der Waals surface area contributed by atoms with Crippen LogP contribution in [0.5, 0.6) is 11.5 Å². The first-order chi connectivity index (χ1) is 64.4. The number of fused-ring (bicyclic) bond motifs is 2. The topological polar surface area (TPSA) is 477 Å². The van der Waals surface area contributed by atoms with Gasteiger partial charge in [0.15, 0.2) is 4.30 Å². The van der Waals surface area contributed by atoms with Crippen molar-refractivity contribution in [3.8, 4) is 11.5 Å². The molecule has 4 aromatic heterocycles. The second kappa shape index (κ2) is 56.4. The number of nitrogens with one attached hydrogen (secondary N) is 8. The number of halogens is 3. The largest absolute Gasteiger partial charge is 0.497 e. The number of hydrogen-bond donors (Lipinski definition) is 10. The fraction of sp³-hybridized carbons (Fsp3) is 0.383. The van der Waals surface area contributed by atoms with Gasteiger partial charge in [-0.3, -0.25) is 90.5 Å². The zero-order chi connectivity index (χ0) is 96.0. The van der Waals surface area contributed by atoms with Crippen LogP contribution in [0.1, 0.15) is 208 Å². The molecule has 0 radical (unpaired) electrons. The number of unbranched alkanes of at least 4 members (excludes halogenated alkanes) is 3. The van der Waals surface area contributed by atoms with Crippen molar-refractivity contribution in [2.45, 2.75) is 153 Å². The zero-order valence-corrected chi connectivity index (χ0v) is 78.3. The number of imidazole rings is 1. The lowest BCUT2D eigenvalue weighted by atomic mass is 9.96. The first-order valence-corrected chi connectivity index (χ1v) is 45.5. The molecule has 10 aromatic rings. The minimum Gasteiger partial charge on any atom is -0.497 e. The Balaban J connectivity index is 0.000000249. The summed E-state index contributed by atoms with van der Waals surface area (Å²) in [5, 5.41) is 30.8. The second-order valence-corrected chi connectivity index (χ2v) is 32.4. The zero-order valence-electron chi connectivity index (χ0n) is 76.0. The molecule has 3 atom stereocenters. The number of carbonyl (C=O) groups is 7. The molecule has 36 nitrogen and oxygen atoms in total. The molecule has 1 saturated heterocycles. The number of amides is 9. The number of urea groups is 2. The highest BCUT2D eigenvalue weighted by atomic mass is 35.6. The summed E-state index contributed by atoms with van der Waals surface area (Å²) in [6, 6.07) is 45.7. The van der Waals surface area contributed by atoms with Gasteiger partial charge < -0.3 is 34.6 Å². The monoisotopic (exact) mass is 1880 g/mol. The standard InChI is InChI=1S/C41H57N11O5.C33H27N5O5.C15H21N5O2.C4H8O.CHCl3.H4N2/c1-6-10-12-28(8-3)34-26-36(53)46-38(44-34)48-40(55)42-22-24-52(32-18-14-30(15-19-32)50-51-31-16-20-33(57-5)21-17-31)25-23-43-41(56)49-39-45-35(27-37(54)47-39)29(9-4)13-11-7-2;1-43-25-16-12-23(13-17-25)35-34-22-10-14-24(15-11-22)36(18-20-37-30(39)26-6-2-3-7-27(26)31(37)40)19-21-38-32(41)28-8-4-5-9-29(28)33(38)42;1-3-5-6-11(4-2)12-9-13(21)18-14(17-12)19-15(22)20-8-7-16-10-20;1-2-4-5-3-1;2-1(3)4;1-2/h14-21,26-29H,6-13,22-25H2,1-5H3,(H3,42,44,46,48,53,55)(H3,43,45,47,49,54,56);2-17H,18-21H2,1H3;7-11H,3-6H2,1-2H3,(H2,17,18,19,21,22);1-4H2;1H;1-2H2. The minimum atomic E-state index is -0.750. The third-order valence-corrected chi connectivity index (χ3v) is 21.4. The summed E-state index contributed by atoms with van der Waals surface area (Å²) in [4.78, 5) is 158. The fourth-order valence-corrected chi connectivity index (χ4v) is 14.3. The maximum absolute atomic E-state index is 13.0. The van der Waals surface area contributed by atoms with E-state index in [1.54, 1.807) is 99.1 Å². The van der Waals surface area contributed by atoms with Crippen LogP contribution in [0.15, 0.2) is 217 Å². The molecule has 3 aliphatic heterocycles. The predicted molar refractivity (Wildman–Crippen MR) is 518 cm³/mol. The van der Waals surface area contributed by atoms with Gasteiger partial charge in [-0.15, -0.1) is 0 Å². The van der Waals surface area contributed by atoms with Gasteiger partial charge in [-0.25, -0.2) is 34.3 Å². The van der Waals surface area contributed by atoms with E-state index in [9.17, 15) is 47.9 Å². The Hall–Kier alpha value is -13.4. The third-order valence-electron chi connectivity index (χ3n) is 21.4. The van der Waals surface area contributed by atoms with Crippen LogP contribution < -0.4 is 74.2 Å². The van der Waals surface area contributed by atoms with Crippen LogP contribution in [0.2, 0.25) is 0 Å². The van der Waals surface area contributed by atoms with Gasteiger partial charge >= 0.3 is 18.1 Å². The highest BCUT2D eigenvalue weighted by Crippen LogP contribution is 2.32. The number of aromatic amines is 3. The van der Waals surface area contributed by atoms with Crippen LogP contribution in [-0.2, 0) is 4.74 Å². The number of hydrogen-bond acceptors (Lipinski definition) is 25. The average Bonchev–Trinajstić information content (AvgIpc) is 1.64. The van der Waals surface area contributed by atoms with Crippen LogP contribution in [-0.4, -0.2) is 175 Å². The van der Waals surface area contributed by atoms with Crippen LogP contribution >= 0.6 is 34.8 Å². The smallest absolute Gasteiger partial charge is 0.333 e. The van der Waals surface area contributed by atoms with Gasteiger partial charge in [-0.2, -0.15) is 20.5 Å². The normalized spacial score (nSPS) is 13.0. The number of azo groups is 2. The number of rotatable bonds is 38. The number of imide groups is 2. The summed E-state index contributed by atoms with van der Waals surface area (Å²) < 4.78 is 15.8. The lowest BCUT2D eigenvalue weighted by molar-refractivity contribution is 0.0650. The summed E-state index contributed by atoms with van der Waals surface area (Å²) in [5.41, 5.74) is 6.87. The van der Waals surface area contributed by atoms with Crippen LogP contribution in [0.25, 0.3) is 0 Å². The number of ether oxygens (including phenoxy) is 3. The van der Waals surface area contributed by atoms with Gasteiger partial charge in [0.05, 0.1) is 76.3 Å². The van der Waals surface area contributed by atoms with E-state index in [1.165, 1.54) is 64.1 Å². The predicted octanol–water partition coefficient (Wildman–Crippen LogP) is 17.9. The van der Waals surface area contributed by atoms with Gasteiger partial charge in [0.25, 0.3) is 40.3 Å². The molecule has 13 rings (SSSR count). The van der Waals surface area contributed by atoms with E-state index in [1.807, 2.05) is 70.5 Å². The third kappa shape index (κ3) is 33.7. The van der Waals surface area contributed by atoms with Crippen molar-refractivity contribution in [1.82, 2.24) is 59.9 Å². The molecule has 1 fully saturated rings. The number of H-pyrrole nitrogens is 3. The number of aromatic nitrogens is 8. The highest BCUT2D eigenvalue weighted by molar-refractivity contribution is 6.63. The molecule has 6 aromatic carbocycles. The molecule has 708 valence electrons. The molecule has 3 unspecified atom stereocenters. The summed E-state index contributed by atoms with van der Waals surface area (Å²) in [7, 11) is 3.20. The number of carbonyl (C=O) groups excluding carboxylic acids is 7. The van der Waals surface area contributed by atoms with Crippen LogP contribution in [0, 0.1) is 0 Å². The fourth-order valence-electron chi connectivity index (χ4n) is 14.3. The van der Waals surface area contributed by atoms with E-state index in [-0.39, 0.29) is 102 Å². The lowest BCUT2D eigenvalue weighted by Gasteiger charge is -2.28. The van der Waals surface area contributed by atoms with Crippen molar-refractivity contribution >= 4 is 128 Å². The molecular formula is C94H118Cl3N23O13. The molecule has 0 spiro atoms. The number of anilines is 5. The molecule has 9 amide bonds. The lowest BCUT2D eigenvalue weighted by Crippen LogP contribution is -2.42. The SMILES string of the molecule is C1CCOC1.CCCCC(CC)c1cc(=O)[nH]c(NC(=O)NCCN(CCNC(=O)Nc2nc(C(CC)CCCC)cc(=O)[nH]2)c2ccc(N=Nc3ccc(OC)cc3)cc2)n1.CCCCC(CC)c1cc(=O)[nH]c(NC(=O)n2ccnc2)n1.COc1ccc(N=Nc2ccc(N(CCN3C(=O)c4ccccc4C3=O)CCN3C(=O)c4ccccc4C3=O)cc2)cc1.ClC(Cl)Cl.NN.